The molecule has 8 heteroatoms. The summed E-state index contributed by atoms with van der Waals surface area (Å²) < 4.78 is 40.7. The summed E-state index contributed by atoms with van der Waals surface area (Å²) in [5.41, 5.74) is 7.68. The first-order chi connectivity index (χ1) is 12.4. The van der Waals surface area contributed by atoms with Crippen molar-refractivity contribution < 1.29 is 13.2 Å². The number of rotatable bonds is 2. The van der Waals surface area contributed by atoms with Crippen LogP contribution in [0.4, 0.5) is 13.2 Å². The molecule has 0 fully saturated rings. The van der Waals surface area contributed by atoms with Gasteiger partial charge in [0.05, 0.1) is 5.52 Å². The molecule has 1 aromatic carbocycles. The van der Waals surface area contributed by atoms with E-state index >= 15 is 0 Å². The van der Waals surface area contributed by atoms with Gasteiger partial charge in [-0.25, -0.2) is 18.2 Å². The molecule has 2 unspecified atom stereocenters. The first-order valence-corrected chi connectivity index (χ1v) is 8.83. The normalized spacial score (nSPS) is 20.4. The van der Waals surface area contributed by atoms with Gasteiger partial charge in [-0.1, -0.05) is 17.4 Å². The highest BCUT2D eigenvalue weighted by Gasteiger charge is 2.29. The Morgan fingerprint density at radius 2 is 1.92 bits per heavy atom. The van der Waals surface area contributed by atoms with Gasteiger partial charge >= 0.3 is 0 Å². The lowest BCUT2D eigenvalue weighted by Gasteiger charge is -2.28. The van der Waals surface area contributed by atoms with Crippen LogP contribution in [0.1, 0.15) is 29.3 Å². The molecule has 1 aliphatic rings. The number of nitrogens with zero attached hydrogens (tertiary/aromatic N) is 1. The van der Waals surface area contributed by atoms with Crippen LogP contribution in [0.3, 0.4) is 0 Å². The van der Waals surface area contributed by atoms with Gasteiger partial charge in [-0.15, -0.1) is 0 Å². The van der Waals surface area contributed by atoms with E-state index in [2.05, 4.69) is 9.97 Å². The molecule has 2 heterocycles. The molecular weight excluding hydrogens is 363 g/mol. The van der Waals surface area contributed by atoms with Gasteiger partial charge < -0.3 is 10.7 Å². The third kappa shape index (κ3) is 2.95. The van der Waals surface area contributed by atoms with E-state index in [9.17, 15) is 18.0 Å². The predicted molar refractivity (Wildman–Crippen MR) is 94.5 cm³/mol. The highest BCUT2D eigenvalue weighted by molar-refractivity contribution is 7.19. The molecule has 0 aliphatic heterocycles. The molecular formula is C18H14F3N3OS. The van der Waals surface area contributed by atoms with E-state index in [-0.39, 0.29) is 11.1 Å². The van der Waals surface area contributed by atoms with Crippen molar-refractivity contribution in [1.29, 1.82) is 0 Å². The average Bonchev–Trinajstić information content (AvgIpc) is 3.01. The van der Waals surface area contributed by atoms with Crippen molar-refractivity contribution in [1.82, 2.24) is 9.97 Å². The van der Waals surface area contributed by atoms with Gasteiger partial charge in [-0.3, -0.25) is 4.79 Å². The zero-order valence-electron chi connectivity index (χ0n) is 13.4. The highest BCUT2D eigenvalue weighted by atomic mass is 32.1. The number of aromatic amines is 1. The minimum absolute atomic E-state index is 0.0836. The summed E-state index contributed by atoms with van der Waals surface area (Å²) in [5, 5.41) is 0.738. The number of benzene rings is 1. The van der Waals surface area contributed by atoms with E-state index in [1.807, 2.05) is 6.08 Å². The van der Waals surface area contributed by atoms with Crippen molar-refractivity contribution in [2.45, 2.75) is 24.8 Å². The van der Waals surface area contributed by atoms with E-state index in [1.165, 1.54) is 17.4 Å². The van der Waals surface area contributed by atoms with Crippen LogP contribution >= 0.6 is 11.3 Å². The fourth-order valence-corrected chi connectivity index (χ4v) is 4.26. The summed E-state index contributed by atoms with van der Waals surface area (Å²) in [4.78, 5) is 19.3. The van der Waals surface area contributed by atoms with Crippen LogP contribution in [0.5, 0.6) is 0 Å². The topological polar surface area (TPSA) is 71.8 Å². The molecule has 3 N–H and O–H groups in total. The number of aromatic nitrogens is 2. The van der Waals surface area contributed by atoms with Gasteiger partial charge in [0.2, 0.25) is 5.56 Å². The number of halogens is 3. The number of nitrogens with one attached hydrogen (secondary N) is 1. The molecule has 0 bridgehead atoms. The van der Waals surface area contributed by atoms with E-state index < -0.39 is 29.4 Å². The first-order valence-electron chi connectivity index (χ1n) is 8.01. The van der Waals surface area contributed by atoms with Crippen molar-refractivity contribution in [2.75, 3.05) is 0 Å². The van der Waals surface area contributed by atoms with Crippen molar-refractivity contribution in [2.24, 2.45) is 5.73 Å². The third-order valence-electron chi connectivity index (χ3n) is 4.59. The number of pyridine rings is 1. The maximum Gasteiger partial charge on any atom is 0.249 e. The van der Waals surface area contributed by atoms with Gasteiger partial charge in [0, 0.05) is 24.1 Å². The second-order valence-electron chi connectivity index (χ2n) is 6.28. The van der Waals surface area contributed by atoms with Crippen molar-refractivity contribution in [3.05, 3.63) is 68.7 Å². The van der Waals surface area contributed by atoms with E-state index in [4.69, 9.17) is 5.73 Å². The number of thiazole rings is 1. The molecule has 0 saturated heterocycles. The molecule has 4 nitrogen and oxygen atoms in total. The second-order valence-corrected chi connectivity index (χ2v) is 7.28. The SMILES string of the molecule is NC1CC(c2nc3ccc(=O)[nH]c3s2)=CCC1c1cc(F)c(F)cc1F. The molecule has 1 aliphatic carbocycles. The van der Waals surface area contributed by atoms with Crippen LogP contribution in [-0.2, 0) is 0 Å². The molecule has 3 aromatic rings. The van der Waals surface area contributed by atoms with Crippen LogP contribution in [0, 0.1) is 17.5 Å². The van der Waals surface area contributed by atoms with Gasteiger partial charge in [-0.05, 0) is 36.1 Å². The van der Waals surface area contributed by atoms with Crippen LogP contribution < -0.4 is 11.3 Å². The third-order valence-corrected chi connectivity index (χ3v) is 5.65. The summed E-state index contributed by atoms with van der Waals surface area (Å²) in [6, 6.07) is 4.04. The van der Waals surface area contributed by atoms with Crippen LogP contribution in [-0.4, -0.2) is 16.0 Å². The molecule has 2 aromatic heterocycles. The Kier molecular flexibility index (Phi) is 4.16. The lowest BCUT2D eigenvalue weighted by molar-refractivity contribution is 0.463. The lowest BCUT2D eigenvalue weighted by atomic mass is 9.81. The first kappa shape index (κ1) is 17.0. The number of allylic oxidation sites excluding steroid dienone is 1. The molecule has 0 spiro atoms. The molecule has 0 amide bonds. The molecule has 26 heavy (non-hydrogen) atoms. The number of nitrogens with two attached hydrogens (primary N) is 1. The summed E-state index contributed by atoms with van der Waals surface area (Å²) in [6.45, 7) is 0. The zero-order valence-corrected chi connectivity index (χ0v) is 14.2. The number of fused-ring (bicyclic) bond motifs is 1. The minimum Gasteiger partial charge on any atom is -0.327 e. The van der Waals surface area contributed by atoms with E-state index in [0.717, 1.165) is 16.6 Å². The average molecular weight is 377 g/mol. The monoisotopic (exact) mass is 377 g/mol. The maximum atomic E-state index is 14.1. The lowest BCUT2D eigenvalue weighted by Crippen LogP contribution is -2.31. The van der Waals surface area contributed by atoms with Gasteiger partial charge in [0.25, 0.3) is 0 Å². The zero-order chi connectivity index (χ0) is 18.4. The quantitative estimate of drug-likeness (QED) is 0.669. The molecule has 0 radical (unpaired) electrons. The maximum absolute atomic E-state index is 14.1. The van der Waals surface area contributed by atoms with Gasteiger partial charge in [-0.2, -0.15) is 0 Å². The largest absolute Gasteiger partial charge is 0.327 e. The predicted octanol–water partition coefficient (Wildman–Crippen LogP) is 3.69. The molecule has 134 valence electrons. The summed E-state index contributed by atoms with van der Waals surface area (Å²) in [7, 11) is 0. The van der Waals surface area contributed by atoms with Crippen LogP contribution in [0.15, 0.2) is 35.1 Å². The van der Waals surface area contributed by atoms with Crippen molar-refractivity contribution >= 4 is 27.3 Å². The Bertz CT molecular complexity index is 1090. The number of hydrogen-bond donors (Lipinski definition) is 2. The Balaban J connectivity index is 1.66. The van der Waals surface area contributed by atoms with E-state index in [0.29, 0.717) is 29.3 Å². The molecule has 2 atom stereocenters. The summed E-state index contributed by atoms with van der Waals surface area (Å²) in [6.07, 6.45) is 2.71. The Morgan fingerprint density at radius 1 is 1.15 bits per heavy atom. The summed E-state index contributed by atoms with van der Waals surface area (Å²) in [5.74, 6) is -3.53. The fraction of sp³-hybridized carbons (Fsp3) is 0.222. The summed E-state index contributed by atoms with van der Waals surface area (Å²) >= 11 is 1.35. The Morgan fingerprint density at radius 3 is 2.69 bits per heavy atom. The van der Waals surface area contributed by atoms with Crippen LogP contribution in [0.2, 0.25) is 0 Å². The fourth-order valence-electron chi connectivity index (χ4n) is 3.26. The minimum atomic E-state index is -1.21. The Hall–Kier alpha value is -2.45. The standard InChI is InChI=1S/C18H14F3N3OS/c19-11-7-13(21)12(20)6-10(11)9-2-1-8(5-14(9)22)17-23-15-3-4-16(25)24-18(15)26-17/h1,3-4,6-7,9,14H,2,5,22H2,(H,24,25). The number of hydrogen-bond acceptors (Lipinski definition) is 4. The van der Waals surface area contributed by atoms with Gasteiger partial charge in [0.1, 0.15) is 15.7 Å². The second kappa shape index (κ2) is 6.37. The van der Waals surface area contributed by atoms with Gasteiger partial charge in [0.15, 0.2) is 11.6 Å². The smallest absolute Gasteiger partial charge is 0.249 e. The number of H-pyrrole nitrogens is 1. The van der Waals surface area contributed by atoms with Crippen molar-refractivity contribution in [3.63, 3.8) is 0 Å². The Labute approximate surface area is 150 Å². The highest BCUT2D eigenvalue weighted by Crippen LogP contribution is 2.38. The van der Waals surface area contributed by atoms with Crippen LogP contribution in [0.25, 0.3) is 15.9 Å². The van der Waals surface area contributed by atoms with Crippen molar-refractivity contribution in [3.8, 4) is 0 Å². The molecule has 0 saturated carbocycles. The van der Waals surface area contributed by atoms with E-state index in [1.54, 1.807) is 6.07 Å². The molecule has 4 rings (SSSR count).